The fourth-order valence-electron chi connectivity index (χ4n) is 4.53. The van der Waals surface area contributed by atoms with Crippen molar-refractivity contribution < 1.29 is 4.84 Å². The van der Waals surface area contributed by atoms with Crippen LogP contribution in [0, 0.1) is 22.7 Å². The van der Waals surface area contributed by atoms with E-state index in [1.807, 2.05) is 0 Å². The lowest BCUT2D eigenvalue weighted by molar-refractivity contribution is -0.146. The molecule has 4 rings (SSSR count). The molecule has 1 heterocycles. The summed E-state index contributed by atoms with van der Waals surface area (Å²) in [7, 11) is 0. The molecule has 0 aromatic rings. The zero-order valence-electron chi connectivity index (χ0n) is 10.0. The van der Waals surface area contributed by atoms with Gasteiger partial charge >= 0.3 is 0 Å². The SMILES string of the molecule is CC1CCC2CC1(C1=NOCC1)C2(C)C. The predicted molar refractivity (Wildman–Crippen MR) is 60.7 cm³/mol. The molecule has 15 heavy (non-hydrogen) atoms. The van der Waals surface area contributed by atoms with Crippen LogP contribution in [0.2, 0.25) is 0 Å². The molecule has 3 aliphatic carbocycles. The topological polar surface area (TPSA) is 21.6 Å². The van der Waals surface area contributed by atoms with Crippen molar-refractivity contribution in [3.05, 3.63) is 0 Å². The van der Waals surface area contributed by atoms with E-state index in [2.05, 4.69) is 25.9 Å². The van der Waals surface area contributed by atoms with Crippen molar-refractivity contribution >= 4 is 5.71 Å². The lowest BCUT2D eigenvalue weighted by Crippen LogP contribution is -2.65. The van der Waals surface area contributed by atoms with Gasteiger partial charge in [-0.15, -0.1) is 0 Å². The van der Waals surface area contributed by atoms with Gasteiger partial charge in [-0.25, -0.2) is 0 Å². The Labute approximate surface area is 92.1 Å². The molecule has 2 bridgehead atoms. The lowest BCUT2D eigenvalue weighted by Gasteiger charge is -2.68. The molecule has 2 nitrogen and oxygen atoms in total. The van der Waals surface area contributed by atoms with Gasteiger partial charge in [-0.1, -0.05) is 25.9 Å². The lowest BCUT2D eigenvalue weighted by atomic mass is 9.35. The van der Waals surface area contributed by atoms with Gasteiger partial charge in [-0.3, -0.25) is 0 Å². The minimum atomic E-state index is 0.381. The Bertz CT molecular complexity index is 320. The van der Waals surface area contributed by atoms with Gasteiger partial charge in [0.2, 0.25) is 0 Å². The summed E-state index contributed by atoms with van der Waals surface area (Å²) in [6, 6.07) is 0. The van der Waals surface area contributed by atoms with E-state index in [-0.39, 0.29) is 0 Å². The second-order valence-electron chi connectivity index (χ2n) is 6.19. The molecule has 2 heteroatoms. The van der Waals surface area contributed by atoms with E-state index in [0.717, 1.165) is 24.9 Å². The Morgan fingerprint density at radius 3 is 2.67 bits per heavy atom. The van der Waals surface area contributed by atoms with Crippen LogP contribution in [0.15, 0.2) is 5.16 Å². The van der Waals surface area contributed by atoms with Crippen LogP contribution in [0.5, 0.6) is 0 Å². The van der Waals surface area contributed by atoms with Crippen LogP contribution in [0.4, 0.5) is 0 Å². The molecule has 1 aliphatic heterocycles. The van der Waals surface area contributed by atoms with Crippen molar-refractivity contribution in [2.24, 2.45) is 27.8 Å². The molecular formula is C13H21NO. The molecule has 0 spiro atoms. The Morgan fingerprint density at radius 2 is 2.13 bits per heavy atom. The first-order chi connectivity index (χ1) is 7.09. The van der Waals surface area contributed by atoms with Crippen LogP contribution in [-0.4, -0.2) is 12.3 Å². The smallest absolute Gasteiger partial charge is 0.122 e. The van der Waals surface area contributed by atoms with Crippen LogP contribution >= 0.6 is 0 Å². The average Bonchev–Trinajstić information content (AvgIpc) is 2.70. The normalized spacial score (nSPS) is 46.7. The molecule has 4 aliphatic rings. The summed E-state index contributed by atoms with van der Waals surface area (Å²) in [5.41, 5.74) is 2.21. The van der Waals surface area contributed by atoms with Crippen molar-refractivity contribution in [2.45, 2.75) is 46.5 Å². The molecular weight excluding hydrogens is 186 g/mol. The van der Waals surface area contributed by atoms with E-state index in [4.69, 9.17) is 4.84 Å². The molecule has 3 saturated carbocycles. The first-order valence-electron chi connectivity index (χ1n) is 6.28. The van der Waals surface area contributed by atoms with Crippen LogP contribution in [-0.2, 0) is 4.84 Å². The first-order valence-corrected chi connectivity index (χ1v) is 6.28. The van der Waals surface area contributed by atoms with E-state index in [9.17, 15) is 0 Å². The highest BCUT2D eigenvalue weighted by atomic mass is 16.6. The minimum absolute atomic E-state index is 0.381. The maximum atomic E-state index is 5.23. The fourth-order valence-corrected chi connectivity index (χ4v) is 4.53. The van der Waals surface area contributed by atoms with Crippen molar-refractivity contribution in [1.29, 1.82) is 0 Å². The Hall–Kier alpha value is -0.530. The molecule has 0 amide bonds. The molecule has 0 aromatic carbocycles. The van der Waals surface area contributed by atoms with E-state index in [1.165, 1.54) is 25.0 Å². The third-order valence-electron chi connectivity index (χ3n) is 5.65. The Morgan fingerprint density at radius 1 is 1.33 bits per heavy atom. The van der Waals surface area contributed by atoms with Crippen molar-refractivity contribution in [3.63, 3.8) is 0 Å². The Balaban J connectivity index is 2.01. The number of hydrogen-bond acceptors (Lipinski definition) is 2. The van der Waals surface area contributed by atoms with Gasteiger partial charge in [0.15, 0.2) is 0 Å². The summed E-state index contributed by atoms with van der Waals surface area (Å²) in [6.45, 7) is 8.11. The van der Waals surface area contributed by atoms with Crippen molar-refractivity contribution in [3.8, 4) is 0 Å². The summed E-state index contributed by atoms with van der Waals surface area (Å²) in [5.74, 6) is 1.72. The van der Waals surface area contributed by atoms with Gasteiger partial charge in [0.25, 0.3) is 0 Å². The van der Waals surface area contributed by atoms with Crippen molar-refractivity contribution in [1.82, 2.24) is 0 Å². The molecule has 84 valence electrons. The van der Waals surface area contributed by atoms with Gasteiger partial charge in [0.05, 0.1) is 5.71 Å². The summed E-state index contributed by atoms with van der Waals surface area (Å²) in [5, 5.41) is 4.33. The minimum Gasteiger partial charge on any atom is -0.395 e. The summed E-state index contributed by atoms with van der Waals surface area (Å²) >= 11 is 0. The quantitative estimate of drug-likeness (QED) is 0.647. The molecule has 3 fully saturated rings. The highest BCUT2D eigenvalue weighted by molar-refractivity contribution is 5.93. The predicted octanol–water partition coefficient (Wildman–Crippen LogP) is 3.23. The molecule has 3 unspecified atom stereocenters. The van der Waals surface area contributed by atoms with E-state index in [1.54, 1.807) is 0 Å². The summed E-state index contributed by atoms with van der Waals surface area (Å²) in [6.07, 6.45) is 5.24. The number of oxime groups is 1. The monoisotopic (exact) mass is 207 g/mol. The second-order valence-corrected chi connectivity index (χ2v) is 6.19. The maximum absolute atomic E-state index is 5.23. The van der Waals surface area contributed by atoms with Crippen LogP contribution in [0.25, 0.3) is 0 Å². The third-order valence-corrected chi connectivity index (χ3v) is 5.65. The number of nitrogens with zero attached hydrogens (tertiary/aromatic N) is 1. The van der Waals surface area contributed by atoms with Crippen LogP contribution < -0.4 is 0 Å². The van der Waals surface area contributed by atoms with Crippen LogP contribution in [0.1, 0.15) is 46.5 Å². The third kappa shape index (κ3) is 0.938. The van der Waals surface area contributed by atoms with Gasteiger partial charge < -0.3 is 4.84 Å². The van der Waals surface area contributed by atoms with Crippen LogP contribution in [0.3, 0.4) is 0 Å². The average molecular weight is 207 g/mol. The fraction of sp³-hybridized carbons (Fsp3) is 0.923. The largest absolute Gasteiger partial charge is 0.395 e. The van der Waals surface area contributed by atoms with Gasteiger partial charge in [-0.05, 0) is 36.5 Å². The zero-order valence-corrected chi connectivity index (χ0v) is 10.0. The van der Waals surface area contributed by atoms with Crippen molar-refractivity contribution in [2.75, 3.05) is 6.61 Å². The molecule has 0 radical (unpaired) electrons. The van der Waals surface area contributed by atoms with E-state index >= 15 is 0 Å². The van der Waals surface area contributed by atoms with Gasteiger partial charge in [-0.2, -0.15) is 0 Å². The van der Waals surface area contributed by atoms with Gasteiger partial charge in [0, 0.05) is 11.8 Å². The van der Waals surface area contributed by atoms with Gasteiger partial charge in [0.1, 0.15) is 6.61 Å². The maximum Gasteiger partial charge on any atom is 0.122 e. The Kier molecular flexibility index (Phi) is 1.79. The van der Waals surface area contributed by atoms with E-state index in [0.29, 0.717) is 10.8 Å². The zero-order chi connectivity index (χ0) is 10.7. The summed E-state index contributed by atoms with van der Waals surface area (Å²) < 4.78 is 0. The molecule has 0 N–H and O–H groups in total. The number of rotatable bonds is 1. The molecule has 0 saturated heterocycles. The standard InChI is InChI=1S/C13H21NO/c1-9-4-5-10-8-13(9,12(10,2)3)11-6-7-15-14-11/h9-10H,4-8H2,1-3H3. The number of fused-ring (bicyclic) bond motifs is 2. The molecule has 0 aromatic heterocycles. The number of hydrogen-bond donors (Lipinski definition) is 0. The summed E-state index contributed by atoms with van der Waals surface area (Å²) in [4.78, 5) is 5.23. The highest BCUT2D eigenvalue weighted by Crippen LogP contribution is 2.70. The second kappa shape index (κ2) is 2.78. The highest BCUT2D eigenvalue weighted by Gasteiger charge is 2.66. The molecule has 3 atom stereocenters. The first kappa shape index (κ1) is 9.68. The van der Waals surface area contributed by atoms with E-state index < -0.39 is 0 Å².